The summed E-state index contributed by atoms with van der Waals surface area (Å²) in [7, 11) is 0.969. The molecule has 3 rings (SSSR count). The molecular formula is C24H40IN3O3S. The van der Waals surface area contributed by atoms with Crippen LogP contribution in [0.4, 0.5) is 0 Å². The number of ether oxygens (including phenoxy) is 2. The van der Waals surface area contributed by atoms with Crippen molar-refractivity contribution in [2.45, 2.75) is 89.2 Å². The van der Waals surface area contributed by atoms with Gasteiger partial charge in [0.05, 0.1) is 19.8 Å². The summed E-state index contributed by atoms with van der Waals surface area (Å²) in [6.45, 7) is 5.45. The molecule has 1 aromatic carbocycles. The minimum absolute atomic E-state index is 0. The fraction of sp³-hybridized carbons (Fsp3) is 0.708. The van der Waals surface area contributed by atoms with Crippen LogP contribution in [0.15, 0.2) is 23.2 Å². The van der Waals surface area contributed by atoms with E-state index in [4.69, 9.17) is 14.5 Å². The number of hydrogen-bond acceptors (Lipinski definition) is 4. The highest BCUT2D eigenvalue weighted by Gasteiger charge is 2.26. The van der Waals surface area contributed by atoms with Gasteiger partial charge in [0.25, 0.3) is 0 Å². The largest absolute Gasteiger partial charge is 0.493 e. The van der Waals surface area contributed by atoms with Gasteiger partial charge in [0.15, 0.2) is 17.5 Å². The Morgan fingerprint density at radius 3 is 2.59 bits per heavy atom. The van der Waals surface area contributed by atoms with Crippen LogP contribution in [0.5, 0.6) is 11.5 Å². The van der Waals surface area contributed by atoms with E-state index in [-0.39, 0.29) is 24.0 Å². The Kier molecular flexibility index (Phi) is 12.1. The van der Waals surface area contributed by atoms with Crippen LogP contribution in [0, 0.1) is 0 Å². The number of methoxy groups -OCH3 is 1. The molecule has 0 saturated heterocycles. The highest BCUT2D eigenvalue weighted by atomic mass is 127. The number of nitrogens with one attached hydrogen (secondary N) is 2. The van der Waals surface area contributed by atoms with Crippen molar-refractivity contribution in [2.75, 3.05) is 19.4 Å². The second-order valence-electron chi connectivity index (χ2n) is 8.50. The Labute approximate surface area is 213 Å². The maximum absolute atomic E-state index is 12.2. The molecule has 3 unspecified atom stereocenters. The Bertz CT molecular complexity index is 756. The highest BCUT2D eigenvalue weighted by Crippen LogP contribution is 2.32. The quantitative estimate of drug-likeness (QED) is 0.252. The molecule has 2 N–H and O–H groups in total. The summed E-state index contributed by atoms with van der Waals surface area (Å²) in [5, 5.41) is 7.23. The lowest BCUT2D eigenvalue weighted by molar-refractivity contribution is 0.200. The molecule has 0 aliphatic heterocycles. The number of benzene rings is 1. The summed E-state index contributed by atoms with van der Waals surface area (Å²) in [4.78, 5) is 4.80. The van der Waals surface area contributed by atoms with E-state index in [9.17, 15) is 4.21 Å². The topological polar surface area (TPSA) is 72.0 Å². The van der Waals surface area contributed by atoms with Gasteiger partial charge in [0.2, 0.25) is 0 Å². The number of halogens is 1. The molecule has 2 fully saturated rings. The Hall–Kier alpha value is -1.03. The number of hydrogen-bond donors (Lipinski definition) is 2. The molecule has 3 atom stereocenters. The van der Waals surface area contributed by atoms with E-state index in [0.29, 0.717) is 23.9 Å². The standard InChI is InChI=1S/C24H39N3O3S.HI/c1-4-25-24(27-19-9-8-12-21(16-19)31(28)5-2)26-17-18-13-14-22(23(15-18)29-3)30-20-10-6-7-11-20;/h13-15,19-21H,4-12,16-17H2,1-3H3,(H2,25,26,27);1H. The summed E-state index contributed by atoms with van der Waals surface area (Å²) in [5.41, 5.74) is 1.08. The number of nitrogens with zero attached hydrogens (tertiary/aromatic N) is 1. The summed E-state index contributed by atoms with van der Waals surface area (Å²) < 4.78 is 24.0. The van der Waals surface area contributed by atoms with Gasteiger partial charge in [0, 0.05) is 34.4 Å². The van der Waals surface area contributed by atoms with Crippen molar-refractivity contribution in [1.82, 2.24) is 10.6 Å². The second kappa shape index (κ2) is 14.3. The van der Waals surface area contributed by atoms with Gasteiger partial charge in [0.1, 0.15) is 0 Å². The Balaban J connectivity index is 0.00000363. The van der Waals surface area contributed by atoms with E-state index in [1.54, 1.807) is 7.11 Å². The van der Waals surface area contributed by atoms with E-state index in [2.05, 4.69) is 23.6 Å². The van der Waals surface area contributed by atoms with Gasteiger partial charge in [-0.25, -0.2) is 4.99 Å². The van der Waals surface area contributed by atoms with Crippen LogP contribution in [-0.2, 0) is 17.3 Å². The molecule has 0 heterocycles. The fourth-order valence-electron chi connectivity index (χ4n) is 4.53. The van der Waals surface area contributed by atoms with E-state index >= 15 is 0 Å². The molecule has 0 spiro atoms. The van der Waals surface area contributed by atoms with Crippen molar-refractivity contribution in [1.29, 1.82) is 0 Å². The van der Waals surface area contributed by atoms with Crippen LogP contribution in [0.1, 0.15) is 70.8 Å². The summed E-state index contributed by atoms with van der Waals surface area (Å²) in [6, 6.07) is 6.43. The van der Waals surface area contributed by atoms with Crippen LogP contribution >= 0.6 is 24.0 Å². The lowest BCUT2D eigenvalue weighted by Crippen LogP contribution is -2.46. The molecule has 2 saturated carbocycles. The maximum atomic E-state index is 12.2. The molecule has 32 heavy (non-hydrogen) atoms. The molecule has 0 radical (unpaired) electrons. The third-order valence-electron chi connectivity index (χ3n) is 6.21. The van der Waals surface area contributed by atoms with Crippen molar-refractivity contribution in [3.05, 3.63) is 23.8 Å². The predicted octanol–water partition coefficient (Wildman–Crippen LogP) is 4.77. The zero-order chi connectivity index (χ0) is 22.1. The molecule has 1 aromatic rings. The van der Waals surface area contributed by atoms with Crippen molar-refractivity contribution in [3.8, 4) is 11.5 Å². The maximum Gasteiger partial charge on any atom is 0.191 e. The second-order valence-corrected chi connectivity index (χ2v) is 10.5. The average Bonchev–Trinajstić information content (AvgIpc) is 3.31. The SMILES string of the molecule is CCNC(=NCc1ccc(OC2CCCC2)c(OC)c1)NC1CCCC(S(=O)CC)C1.I. The van der Waals surface area contributed by atoms with Crippen molar-refractivity contribution in [2.24, 2.45) is 4.99 Å². The van der Waals surface area contributed by atoms with Crippen LogP contribution < -0.4 is 20.1 Å². The molecule has 2 aliphatic carbocycles. The first-order chi connectivity index (χ1) is 15.1. The van der Waals surface area contributed by atoms with Gasteiger partial charge in [-0.1, -0.05) is 19.4 Å². The fourth-order valence-corrected chi connectivity index (χ4v) is 5.88. The van der Waals surface area contributed by atoms with Crippen molar-refractivity contribution < 1.29 is 13.7 Å². The molecule has 0 amide bonds. The third kappa shape index (κ3) is 8.08. The first kappa shape index (κ1) is 27.2. The van der Waals surface area contributed by atoms with Gasteiger partial charge in [-0.3, -0.25) is 4.21 Å². The van der Waals surface area contributed by atoms with E-state index in [0.717, 1.165) is 73.8 Å². The number of rotatable bonds is 9. The molecule has 0 bridgehead atoms. The van der Waals surface area contributed by atoms with E-state index in [1.807, 2.05) is 19.1 Å². The van der Waals surface area contributed by atoms with Crippen LogP contribution in [0.3, 0.4) is 0 Å². The predicted molar refractivity (Wildman–Crippen MR) is 144 cm³/mol. The molecule has 0 aromatic heterocycles. The van der Waals surface area contributed by atoms with Gasteiger partial charge in [-0.2, -0.15) is 0 Å². The number of aliphatic imine (C=N–C) groups is 1. The van der Waals surface area contributed by atoms with Gasteiger partial charge in [-0.15, -0.1) is 24.0 Å². The van der Waals surface area contributed by atoms with Crippen LogP contribution in [-0.4, -0.2) is 47.0 Å². The smallest absolute Gasteiger partial charge is 0.191 e. The highest BCUT2D eigenvalue weighted by molar-refractivity contribution is 14.0. The molecule has 2 aliphatic rings. The van der Waals surface area contributed by atoms with Crippen molar-refractivity contribution in [3.63, 3.8) is 0 Å². The van der Waals surface area contributed by atoms with Crippen molar-refractivity contribution >= 4 is 40.7 Å². The summed E-state index contributed by atoms with van der Waals surface area (Å²) >= 11 is 0. The average molecular weight is 578 g/mol. The third-order valence-corrected chi connectivity index (χ3v) is 7.95. The summed E-state index contributed by atoms with van der Waals surface area (Å²) in [6.07, 6.45) is 9.29. The van der Waals surface area contributed by atoms with Crippen LogP contribution in [0.2, 0.25) is 0 Å². The van der Waals surface area contributed by atoms with E-state index < -0.39 is 10.8 Å². The minimum atomic E-state index is -0.720. The number of guanidine groups is 1. The first-order valence-corrected chi connectivity index (χ1v) is 13.3. The minimum Gasteiger partial charge on any atom is -0.493 e. The molecule has 6 nitrogen and oxygen atoms in total. The monoisotopic (exact) mass is 577 g/mol. The molecule has 8 heteroatoms. The first-order valence-electron chi connectivity index (χ1n) is 11.9. The van der Waals surface area contributed by atoms with Crippen LogP contribution in [0.25, 0.3) is 0 Å². The summed E-state index contributed by atoms with van der Waals surface area (Å²) in [5.74, 6) is 3.16. The zero-order valence-corrected chi connectivity index (χ0v) is 22.9. The lowest BCUT2D eigenvalue weighted by atomic mass is 9.95. The van der Waals surface area contributed by atoms with Gasteiger partial charge in [-0.05, 0) is 69.6 Å². The van der Waals surface area contributed by atoms with Gasteiger partial charge >= 0.3 is 0 Å². The Morgan fingerprint density at radius 2 is 1.91 bits per heavy atom. The molecular weight excluding hydrogens is 537 g/mol. The van der Waals surface area contributed by atoms with E-state index in [1.165, 1.54) is 12.8 Å². The van der Waals surface area contributed by atoms with Gasteiger partial charge < -0.3 is 20.1 Å². The molecule has 182 valence electrons. The lowest BCUT2D eigenvalue weighted by Gasteiger charge is -2.30. The normalized spacial score (nSPS) is 22.7. The Morgan fingerprint density at radius 1 is 1.12 bits per heavy atom. The zero-order valence-electron chi connectivity index (χ0n) is 19.7.